The Balaban J connectivity index is 2.43. The van der Waals surface area contributed by atoms with Gasteiger partial charge in [0.25, 0.3) is 0 Å². The van der Waals surface area contributed by atoms with Crippen LogP contribution in [0.4, 0.5) is 4.39 Å². The molecule has 2 rings (SSSR count). The second-order valence-corrected chi connectivity index (χ2v) is 3.98. The highest BCUT2D eigenvalue weighted by molar-refractivity contribution is 6.33. The lowest BCUT2D eigenvalue weighted by Crippen LogP contribution is -2.08. The quantitative estimate of drug-likeness (QED) is 0.617. The average molecular weight is 265 g/mol. The van der Waals surface area contributed by atoms with E-state index in [4.69, 9.17) is 16.3 Å². The maximum atomic E-state index is 13.6. The third-order valence-electron chi connectivity index (χ3n) is 2.27. The molecule has 0 amide bonds. The zero-order chi connectivity index (χ0) is 13.1. The van der Waals surface area contributed by atoms with Crippen molar-refractivity contribution in [2.75, 3.05) is 0 Å². The van der Waals surface area contributed by atoms with Gasteiger partial charge in [-0.3, -0.25) is 0 Å². The molecular formula is C13H10ClFN2O. The van der Waals surface area contributed by atoms with Crippen molar-refractivity contribution in [1.82, 2.24) is 9.97 Å². The Morgan fingerprint density at radius 1 is 1.39 bits per heavy atom. The topological polar surface area (TPSA) is 35.0 Å². The van der Waals surface area contributed by atoms with Crippen molar-refractivity contribution in [3.63, 3.8) is 0 Å². The van der Waals surface area contributed by atoms with Gasteiger partial charge in [-0.15, -0.1) is 5.92 Å². The first-order valence-electron chi connectivity index (χ1n) is 5.30. The van der Waals surface area contributed by atoms with E-state index in [-0.39, 0.29) is 16.6 Å². The summed E-state index contributed by atoms with van der Waals surface area (Å²) in [5.41, 5.74) is 0.318. The highest BCUT2D eigenvalue weighted by Gasteiger charge is 2.09. The minimum atomic E-state index is -0.485. The lowest BCUT2D eigenvalue weighted by Gasteiger charge is -2.09. The van der Waals surface area contributed by atoms with Crippen molar-refractivity contribution in [1.29, 1.82) is 0 Å². The standard InChI is InChI=1S/C13H10ClFN2O/c1-3-4-8(2)18-9-5-10-11(15)7-17-13(14)12(10)16-6-9/h5-8H,1-2H3. The van der Waals surface area contributed by atoms with E-state index in [1.54, 1.807) is 19.9 Å². The Kier molecular flexibility index (Phi) is 3.63. The van der Waals surface area contributed by atoms with Crippen LogP contribution in [0.3, 0.4) is 0 Å². The first-order valence-corrected chi connectivity index (χ1v) is 5.68. The Morgan fingerprint density at radius 2 is 2.17 bits per heavy atom. The molecular weight excluding hydrogens is 255 g/mol. The molecule has 0 radical (unpaired) electrons. The van der Waals surface area contributed by atoms with E-state index in [9.17, 15) is 4.39 Å². The predicted molar refractivity (Wildman–Crippen MR) is 68.0 cm³/mol. The number of pyridine rings is 2. The van der Waals surface area contributed by atoms with Crippen molar-refractivity contribution in [2.24, 2.45) is 0 Å². The molecule has 0 saturated heterocycles. The van der Waals surface area contributed by atoms with Gasteiger partial charge in [0.15, 0.2) is 17.1 Å². The predicted octanol–water partition coefficient (Wildman–Crippen LogP) is 3.21. The second-order valence-electron chi connectivity index (χ2n) is 3.62. The molecule has 18 heavy (non-hydrogen) atoms. The average Bonchev–Trinajstić information content (AvgIpc) is 2.34. The van der Waals surface area contributed by atoms with Gasteiger partial charge in [0.05, 0.1) is 12.4 Å². The van der Waals surface area contributed by atoms with E-state index >= 15 is 0 Å². The fourth-order valence-corrected chi connectivity index (χ4v) is 1.74. The molecule has 0 fully saturated rings. The van der Waals surface area contributed by atoms with Gasteiger partial charge in [-0.05, 0) is 19.9 Å². The van der Waals surface area contributed by atoms with Gasteiger partial charge in [0.1, 0.15) is 11.3 Å². The monoisotopic (exact) mass is 264 g/mol. The summed E-state index contributed by atoms with van der Waals surface area (Å²) in [6.45, 7) is 3.53. The van der Waals surface area contributed by atoms with Crippen LogP contribution in [0.2, 0.25) is 5.15 Å². The molecule has 0 aliphatic heterocycles. The number of ether oxygens (including phenoxy) is 1. The number of halogens is 2. The van der Waals surface area contributed by atoms with E-state index in [0.29, 0.717) is 11.3 Å². The molecule has 2 heterocycles. The summed E-state index contributed by atoms with van der Waals surface area (Å²) < 4.78 is 19.1. The molecule has 5 heteroatoms. The van der Waals surface area contributed by atoms with Crippen LogP contribution in [0.15, 0.2) is 18.5 Å². The number of fused-ring (bicyclic) bond motifs is 1. The van der Waals surface area contributed by atoms with Gasteiger partial charge in [-0.25, -0.2) is 14.4 Å². The Hall–Kier alpha value is -1.86. The largest absolute Gasteiger partial charge is 0.476 e. The molecule has 3 nitrogen and oxygen atoms in total. The summed E-state index contributed by atoms with van der Waals surface area (Å²) in [6, 6.07) is 1.54. The summed E-state index contributed by atoms with van der Waals surface area (Å²) in [6.07, 6.45) is 2.25. The maximum absolute atomic E-state index is 13.6. The molecule has 0 aliphatic carbocycles. The molecule has 1 atom stereocenters. The van der Waals surface area contributed by atoms with Crippen LogP contribution in [-0.4, -0.2) is 16.1 Å². The van der Waals surface area contributed by atoms with Gasteiger partial charge in [0, 0.05) is 5.39 Å². The van der Waals surface area contributed by atoms with Crippen molar-refractivity contribution >= 4 is 22.5 Å². The fourth-order valence-electron chi connectivity index (χ4n) is 1.54. The second kappa shape index (κ2) is 5.19. The lowest BCUT2D eigenvalue weighted by atomic mass is 10.2. The Bertz CT molecular complexity index is 648. The van der Waals surface area contributed by atoms with E-state index in [1.807, 2.05) is 0 Å². The first kappa shape index (κ1) is 12.6. The van der Waals surface area contributed by atoms with Gasteiger partial charge in [0.2, 0.25) is 0 Å². The molecule has 0 saturated carbocycles. The molecule has 0 spiro atoms. The molecule has 2 aromatic heterocycles. The van der Waals surface area contributed by atoms with Crippen molar-refractivity contribution < 1.29 is 9.13 Å². The minimum absolute atomic E-state index is 0.166. The van der Waals surface area contributed by atoms with Crippen LogP contribution in [-0.2, 0) is 0 Å². The number of nitrogens with zero attached hydrogens (tertiary/aromatic N) is 2. The fraction of sp³-hybridized carbons (Fsp3) is 0.231. The van der Waals surface area contributed by atoms with Crippen LogP contribution in [0, 0.1) is 17.7 Å². The Labute approximate surface area is 109 Å². The molecule has 1 unspecified atom stereocenters. The maximum Gasteiger partial charge on any atom is 0.156 e. The summed E-state index contributed by atoms with van der Waals surface area (Å²) in [5, 5.41) is 0.448. The number of aromatic nitrogens is 2. The highest BCUT2D eigenvalue weighted by Crippen LogP contribution is 2.25. The van der Waals surface area contributed by atoms with Crippen molar-refractivity contribution in [2.45, 2.75) is 20.0 Å². The van der Waals surface area contributed by atoms with E-state index in [2.05, 4.69) is 21.8 Å². The normalized spacial score (nSPS) is 11.8. The zero-order valence-electron chi connectivity index (χ0n) is 9.87. The first-order chi connectivity index (χ1) is 8.61. The molecule has 0 N–H and O–H groups in total. The van der Waals surface area contributed by atoms with Crippen LogP contribution in [0.5, 0.6) is 5.75 Å². The molecule has 0 aromatic carbocycles. The van der Waals surface area contributed by atoms with Crippen molar-refractivity contribution in [3.05, 3.63) is 29.4 Å². The third-order valence-corrected chi connectivity index (χ3v) is 2.54. The zero-order valence-corrected chi connectivity index (χ0v) is 10.6. The van der Waals surface area contributed by atoms with Gasteiger partial charge in [-0.2, -0.15) is 0 Å². The molecule has 92 valence electrons. The summed E-state index contributed by atoms with van der Waals surface area (Å²) in [4.78, 5) is 7.74. The number of hydrogen-bond acceptors (Lipinski definition) is 3. The summed E-state index contributed by atoms with van der Waals surface area (Å²) >= 11 is 5.83. The number of rotatable bonds is 2. The van der Waals surface area contributed by atoms with E-state index < -0.39 is 5.82 Å². The van der Waals surface area contributed by atoms with Crippen molar-refractivity contribution in [3.8, 4) is 17.6 Å². The summed E-state index contributed by atoms with van der Waals surface area (Å²) in [7, 11) is 0. The van der Waals surface area contributed by atoms with Crippen LogP contribution in [0.25, 0.3) is 10.9 Å². The third kappa shape index (κ3) is 2.52. The lowest BCUT2D eigenvalue weighted by molar-refractivity contribution is 0.278. The van der Waals surface area contributed by atoms with E-state index in [1.165, 1.54) is 6.20 Å². The van der Waals surface area contributed by atoms with Gasteiger partial charge < -0.3 is 4.74 Å². The minimum Gasteiger partial charge on any atom is -0.476 e. The Morgan fingerprint density at radius 3 is 2.89 bits per heavy atom. The molecule has 0 bridgehead atoms. The smallest absolute Gasteiger partial charge is 0.156 e. The molecule has 0 aliphatic rings. The number of hydrogen-bond donors (Lipinski definition) is 0. The van der Waals surface area contributed by atoms with Gasteiger partial charge in [-0.1, -0.05) is 17.5 Å². The SMILES string of the molecule is CC#CC(C)Oc1cnc2c(Cl)ncc(F)c2c1. The van der Waals surface area contributed by atoms with Crippen LogP contribution in [0.1, 0.15) is 13.8 Å². The van der Waals surface area contributed by atoms with Crippen LogP contribution < -0.4 is 4.74 Å². The van der Waals surface area contributed by atoms with E-state index in [0.717, 1.165) is 6.20 Å². The van der Waals surface area contributed by atoms with Gasteiger partial charge >= 0.3 is 0 Å². The summed E-state index contributed by atoms with van der Waals surface area (Å²) in [5.74, 6) is 5.54. The van der Waals surface area contributed by atoms with Crippen LogP contribution >= 0.6 is 11.6 Å². The molecule has 2 aromatic rings. The highest BCUT2D eigenvalue weighted by atomic mass is 35.5.